The second-order valence-corrected chi connectivity index (χ2v) is 6.60. The van der Waals surface area contributed by atoms with Crippen LogP contribution in [0.25, 0.3) is 0 Å². The molecule has 0 saturated carbocycles. The molecule has 2 aromatic rings. The zero-order chi connectivity index (χ0) is 21.7. The van der Waals surface area contributed by atoms with E-state index in [0.717, 1.165) is 12.1 Å². The van der Waals surface area contributed by atoms with Crippen molar-refractivity contribution in [1.82, 2.24) is 19.9 Å². The van der Waals surface area contributed by atoms with Crippen molar-refractivity contribution in [1.29, 1.82) is 5.26 Å². The van der Waals surface area contributed by atoms with Gasteiger partial charge in [-0.25, -0.2) is 4.79 Å². The summed E-state index contributed by atoms with van der Waals surface area (Å²) in [6.45, 7) is 2.52. The lowest BCUT2D eigenvalue weighted by Gasteiger charge is -2.33. The molecule has 9 nitrogen and oxygen atoms in total. The molecule has 0 aliphatic carbocycles. The second kappa shape index (κ2) is 9.10. The van der Waals surface area contributed by atoms with E-state index in [1.165, 1.54) is 24.1 Å². The molecule has 0 bridgehead atoms. The Morgan fingerprint density at radius 1 is 1.33 bits per heavy atom. The lowest BCUT2D eigenvalue weighted by atomic mass is 10.1. The van der Waals surface area contributed by atoms with E-state index in [0.29, 0.717) is 44.4 Å². The molecule has 2 amide bonds. The van der Waals surface area contributed by atoms with Crippen molar-refractivity contribution in [3.05, 3.63) is 41.0 Å². The van der Waals surface area contributed by atoms with Crippen LogP contribution in [0.5, 0.6) is 0 Å². The highest BCUT2D eigenvalue weighted by molar-refractivity contribution is 5.89. The molecule has 0 spiro atoms. The Hall–Kier alpha value is -3.17. The van der Waals surface area contributed by atoms with Gasteiger partial charge in [0.1, 0.15) is 6.61 Å². The first-order valence-electron chi connectivity index (χ1n) is 9.00. The van der Waals surface area contributed by atoms with Gasteiger partial charge in [-0.3, -0.25) is 4.90 Å². The summed E-state index contributed by atoms with van der Waals surface area (Å²) in [6, 6.07) is 4.08. The monoisotopic (exact) mass is 424 g/mol. The minimum Gasteiger partial charge on any atom is -0.377 e. The van der Waals surface area contributed by atoms with Crippen molar-refractivity contribution in [3.8, 4) is 6.07 Å². The van der Waals surface area contributed by atoms with Crippen LogP contribution < -0.4 is 5.32 Å². The maximum atomic E-state index is 13.1. The van der Waals surface area contributed by atoms with Gasteiger partial charge in [0.25, 0.3) is 0 Å². The molecule has 30 heavy (non-hydrogen) atoms. The molecule has 160 valence electrons. The highest BCUT2D eigenvalue weighted by Gasteiger charge is 2.34. The molecule has 0 radical (unpaired) electrons. The molecule has 2 heterocycles. The predicted octanol–water partition coefficient (Wildman–Crippen LogP) is 2.46. The van der Waals surface area contributed by atoms with Crippen molar-refractivity contribution in [2.45, 2.75) is 19.3 Å². The Balaban J connectivity index is 1.55. The van der Waals surface area contributed by atoms with Gasteiger partial charge in [-0.1, -0.05) is 5.16 Å². The fourth-order valence-electron chi connectivity index (χ4n) is 3.00. The SMILES string of the molecule is COCc1noc(CN2CCN(C(=O)Nc3ccc(C#N)c(C(F)(F)F)c3)CC2)n1. The number of nitrogens with one attached hydrogen (secondary N) is 1. The van der Waals surface area contributed by atoms with Gasteiger partial charge >= 0.3 is 12.2 Å². The predicted molar refractivity (Wildman–Crippen MR) is 97.0 cm³/mol. The molecule has 1 N–H and O–H groups in total. The summed E-state index contributed by atoms with van der Waals surface area (Å²) in [5, 5.41) is 15.1. The Bertz CT molecular complexity index is 932. The van der Waals surface area contributed by atoms with Crippen LogP contribution in [0, 0.1) is 11.3 Å². The Kier molecular flexibility index (Phi) is 6.53. The maximum absolute atomic E-state index is 13.1. The number of nitriles is 1. The lowest BCUT2D eigenvalue weighted by molar-refractivity contribution is -0.137. The van der Waals surface area contributed by atoms with Crippen molar-refractivity contribution in [2.75, 3.05) is 38.6 Å². The number of methoxy groups -OCH3 is 1. The van der Waals surface area contributed by atoms with Crippen LogP contribution in [0.4, 0.5) is 23.7 Å². The zero-order valence-electron chi connectivity index (χ0n) is 16.1. The summed E-state index contributed by atoms with van der Waals surface area (Å²) >= 11 is 0. The largest absolute Gasteiger partial charge is 0.417 e. The molecule has 0 unspecified atom stereocenters. The first-order chi connectivity index (χ1) is 14.3. The first-order valence-corrected chi connectivity index (χ1v) is 9.00. The van der Waals surface area contributed by atoms with E-state index in [1.54, 1.807) is 0 Å². The lowest BCUT2D eigenvalue weighted by Crippen LogP contribution is -2.49. The molecule has 12 heteroatoms. The average molecular weight is 424 g/mol. The van der Waals surface area contributed by atoms with Crippen molar-refractivity contribution >= 4 is 11.7 Å². The number of alkyl halides is 3. The van der Waals surface area contributed by atoms with E-state index in [1.807, 2.05) is 4.90 Å². The summed E-state index contributed by atoms with van der Waals surface area (Å²) in [5.74, 6) is 0.892. The van der Waals surface area contributed by atoms with Crippen LogP contribution in [0.3, 0.4) is 0 Å². The van der Waals surface area contributed by atoms with E-state index in [-0.39, 0.29) is 12.3 Å². The summed E-state index contributed by atoms with van der Waals surface area (Å²) in [4.78, 5) is 20.1. The van der Waals surface area contributed by atoms with Gasteiger partial charge in [-0.15, -0.1) is 0 Å². The number of carbonyl (C=O) groups is 1. The van der Waals surface area contributed by atoms with Gasteiger partial charge in [0.2, 0.25) is 5.89 Å². The van der Waals surface area contributed by atoms with Gasteiger partial charge in [0.15, 0.2) is 5.82 Å². The van der Waals surface area contributed by atoms with E-state index >= 15 is 0 Å². The number of halogens is 3. The first kappa shape index (κ1) is 21.5. The zero-order valence-corrected chi connectivity index (χ0v) is 16.1. The van der Waals surface area contributed by atoms with Gasteiger partial charge < -0.3 is 19.5 Å². The molecule has 1 saturated heterocycles. The topological polar surface area (TPSA) is 108 Å². The number of piperazine rings is 1. The van der Waals surface area contributed by atoms with Gasteiger partial charge in [0, 0.05) is 39.0 Å². The maximum Gasteiger partial charge on any atom is 0.417 e. The molecular formula is C18H19F3N6O3. The number of hydrogen-bond acceptors (Lipinski definition) is 7. The van der Waals surface area contributed by atoms with Crippen molar-refractivity contribution in [3.63, 3.8) is 0 Å². The minimum atomic E-state index is -4.69. The number of nitrogens with zero attached hydrogens (tertiary/aromatic N) is 5. The van der Waals surface area contributed by atoms with Crippen molar-refractivity contribution in [2.24, 2.45) is 0 Å². The molecule has 0 atom stereocenters. The third-order valence-corrected chi connectivity index (χ3v) is 4.50. The Labute approximate surface area is 170 Å². The standard InChI is InChI=1S/C18H19F3N6O3/c1-29-11-15-24-16(30-25-15)10-26-4-6-27(7-5-26)17(28)23-13-3-2-12(9-22)14(8-13)18(19,20)21/h2-3,8H,4-7,10-11H2,1H3,(H,23,28). The summed E-state index contributed by atoms with van der Waals surface area (Å²) in [5.41, 5.74) is -1.60. The van der Waals surface area contributed by atoms with E-state index in [9.17, 15) is 18.0 Å². The average Bonchev–Trinajstić information content (AvgIpc) is 3.15. The van der Waals surface area contributed by atoms with Crippen LogP contribution in [0.2, 0.25) is 0 Å². The number of anilines is 1. The highest BCUT2D eigenvalue weighted by Crippen LogP contribution is 2.33. The van der Waals surface area contributed by atoms with Crippen LogP contribution in [0.1, 0.15) is 22.8 Å². The van der Waals surface area contributed by atoms with E-state index in [2.05, 4.69) is 15.5 Å². The van der Waals surface area contributed by atoms with Crippen LogP contribution in [0.15, 0.2) is 22.7 Å². The second-order valence-electron chi connectivity index (χ2n) is 6.60. The molecule has 3 rings (SSSR count). The van der Waals surface area contributed by atoms with Gasteiger partial charge in [0.05, 0.1) is 23.7 Å². The summed E-state index contributed by atoms with van der Waals surface area (Å²) < 4.78 is 49.3. The Morgan fingerprint density at radius 3 is 2.70 bits per heavy atom. The smallest absolute Gasteiger partial charge is 0.377 e. The fraction of sp³-hybridized carbons (Fsp3) is 0.444. The number of ether oxygens (including phenoxy) is 1. The van der Waals surface area contributed by atoms with Gasteiger partial charge in [-0.2, -0.15) is 23.4 Å². The number of hydrogen-bond donors (Lipinski definition) is 1. The third-order valence-electron chi connectivity index (χ3n) is 4.50. The molecule has 1 aliphatic heterocycles. The number of benzene rings is 1. The number of carbonyl (C=O) groups excluding carboxylic acids is 1. The van der Waals surface area contributed by atoms with Crippen LogP contribution >= 0.6 is 0 Å². The molecular weight excluding hydrogens is 405 g/mol. The van der Waals surface area contributed by atoms with Gasteiger partial charge in [-0.05, 0) is 18.2 Å². The number of rotatable bonds is 5. The quantitative estimate of drug-likeness (QED) is 0.786. The Morgan fingerprint density at radius 2 is 2.07 bits per heavy atom. The van der Waals surface area contributed by atoms with Crippen LogP contribution in [-0.2, 0) is 24.1 Å². The van der Waals surface area contributed by atoms with Crippen LogP contribution in [-0.4, -0.2) is 59.3 Å². The summed E-state index contributed by atoms with van der Waals surface area (Å²) in [6.07, 6.45) is -4.69. The summed E-state index contributed by atoms with van der Waals surface area (Å²) in [7, 11) is 1.53. The highest BCUT2D eigenvalue weighted by atomic mass is 19.4. The number of amides is 2. The number of aromatic nitrogens is 2. The molecule has 1 aromatic carbocycles. The molecule has 1 aliphatic rings. The fourth-order valence-corrected chi connectivity index (χ4v) is 3.00. The minimum absolute atomic E-state index is 0.0229. The normalized spacial score (nSPS) is 15.1. The molecule has 1 aromatic heterocycles. The van der Waals surface area contributed by atoms with E-state index < -0.39 is 23.3 Å². The third kappa shape index (κ3) is 5.25. The van der Waals surface area contributed by atoms with Crippen molar-refractivity contribution < 1.29 is 27.2 Å². The number of urea groups is 1. The van der Waals surface area contributed by atoms with E-state index in [4.69, 9.17) is 14.5 Å². The molecule has 1 fully saturated rings.